The molecule has 3 aromatic rings. The maximum absolute atomic E-state index is 13.9. The maximum atomic E-state index is 13.9. The van der Waals surface area contributed by atoms with E-state index in [4.69, 9.17) is 5.73 Å². The van der Waals surface area contributed by atoms with Crippen molar-refractivity contribution < 1.29 is 14.0 Å². The molecule has 0 radical (unpaired) electrons. The molecule has 0 unspecified atom stereocenters. The van der Waals surface area contributed by atoms with Crippen molar-refractivity contribution in [1.82, 2.24) is 25.0 Å². The summed E-state index contributed by atoms with van der Waals surface area (Å²) in [5, 5.41) is 7.30. The number of nitrogens with zero attached hydrogens (tertiary/aromatic N) is 4. The Hall–Kier alpha value is -3.10. The minimum absolute atomic E-state index is 0.0608. The number of rotatable bonds is 3. The summed E-state index contributed by atoms with van der Waals surface area (Å²) in [6.07, 6.45) is 5.08. The Kier molecular flexibility index (Phi) is 2.53. The Morgan fingerprint density at radius 3 is 2.85 bits per heavy atom. The van der Waals surface area contributed by atoms with Gasteiger partial charge in [0.05, 0.1) is 35.1 Å². The molecule has 0 saturated heterocycles. The third-order valence-corrected chi connectivity index (χ3v) is 2.75. The van der Waals surface area contributed by atoms with Gasteiger partial charge in [0.1, 0.15) is 0 Å². The van der Waals surface area contributed by atoms with Gasteiger partial charge in [-0.3, -0.25) is 9.59 Å². The molecule has 3 aromatic heterocycles. The molecule has 9 heteroatoms. The predicted molar refractivity (Wildman–Crippen MR) is 64.5 cm³/mol. The molecule has 3 heterocycles. The van der Waals surface area contributed by atoms with Gasteiger partial charge in [-0.2, -0.15) is 0 Å². The zero-order valence-corrected chi connectivity index (χ0v) is 9.87. The van der Waals surface area contributed by atoms with Crippen LogP contribution in [0.3, 0.4) is 0 Å². The third kappa shape index (κ3) is 1.64. The summed E-state index contributed by atoms with van der Waals surface area (Å²) in [6.45, 7) is 0. The normalized spacial score (nSPS) is 10.8. The number of hydrogen-bond acceptors (Lipinski definition) is 5. The number of H-pyrrole nitrogens is 1. The van der Waals surface area contributed by atoms with Gasteiger partial charge in [0, 0.05) is 6.20 Å². The fourth-order valence-electron chi connectivity index (χ4n) is 1.90. The lowest BCUT2D eigenvalue weighted by Crippen LogP contribution is -2.22. The number of carbonyl (C=O) groups excluding carboxylic acids is 2. The summed E-state index contributed by atoms with van der Waals surface area (Å²) >= 11 is 0. The molecular weight excluding hydrogens is 267 g/mol. The van der Waals surface area contributed by atoms with Crippen LogP contribution in [-0.4, -0.2) is 36.7 Å². The van der Waals surface area contributed by atoms with Gasteiger partial charge in [0.15, 0.2) is 11.6 Å². The van der Waals surface area contributed by atoms with Crippen LogP contribution in [-0.2, 0) is 4.79 Å². The number of aromatic nitrogens is 5. The van der Waals surface area contributed by atoms with Crippen molar-refractivity contribution in [1.29, 1.82) is 0 Å². The molecule has 3 rings (SSSR count). The minimum Gasteiger partial charge on any atom is -0.363 e. The summed E-state index contributed by atoms with van der Waals surface area (Å²) in [6, 6.07) is 0. The zero-order valence-electron chi connectivity index (χ0n) is 9.87. The van der Waals surface area contributed by atoms with Crippen LogP contribution in [0.5, 0.6) is 0 Å². The highest BCUT2D eigenvalue weighted by Crippen LogP contribution is 2.25. The number of fused-ring (bicyclic) bond motifs is 1. The van der Waals surface area contributed by atoms with Gasteiger partial charge < -0.3 is 10.7 Å². The van der Waals surface area contributed by atoms with E-state index >= 15 is 0 Å². The molecule has 0 bridgehead atoms. The largest absolute Gasteiger partial charge is 0.363 e. The molecule has 3 N–H and O–H groups in total. The van der Waals surface area contributed by atoms with Crippen LogP contribution in [0, 0.1) is 5.82 Å². The van der Waals surface area contributed by atoms with E-state index in [2.05, 4.69) is 20.3 Å². The molecule has 0 aliphatic heterocycles. The van der Waals surface area contributed by atoms with Crippen molar-refractivity contribution in [2.24, 2.45) is 5.73 Å². The van der Waals surface area contributed by atoms with Crippen LogP contribution in [0.1, 0.15) is 10.4 Å². The summed E-state index contributed by atoms with van der Waals surface area (Å²) in [5.74, 6) is -2.63. The lowest BCUT2D eigenvalue weighted by atomic mass is 10.1. The van der Waals surface area contributed by atoms with Crippen LogP contribution < -0.4 is 5.73 Å². The molecule has 20 heavy (non-hydrogen) atoms. The lowest BCUT2D eigenvalue weighted by molar-refractivity contribution is -0.114. The second-order valence-electron chi connectivity index (χ2n) is 3.92. The first kappa shape index (κ1) is 12.0. The molecule has 0 aromatic carbocycles. The highest BCUT2D eigenvalue weighted by Gasteiger charge is 2.22. The molecule has 0 saturated carbocycles. The first-order chi connectivity index (χ1) is 9.59. The van der Waals surface area contributed by atoms with Crippen molar-refractivity contribution in [3.8, 4) is 5.82 Å². The fourth-order valence-corrected chi connectivity index (χ4v) is 1.90. The predicted octanol–water partition coefficient (Wildman–Crippen LogP) is -0.0493. The number of primary amides is 1. The average Bonchev–Trinajstić information content (AvgIpc) is 3.07. The van der Waals surface area contributed by atoms with Gasteiger partial charge in [-0.15, -0.1) is 5.10 Å². The smallest absolute Gasteiger partial charge is 0.289 e. The van der Waals surface area contributed by atoms with E-state index in [0.29, 0.717) is 0 Å². The van der Waals surface area contributed by atoms with Crippen LogP contribution in [0.2, 0.25) is 0 Å². The highest BCUT2D eigenvalue weighted by molar-refractivity contribution is 6.44. The molecule has 1 amide bonds. The highest BCUT2D eigenvalue weighted by atomic mass is 19.1. The minimum atomic E-state index is -1.16. The second-order valence-corrected chi connectivity index (χ2v) is 3.92. The summed E-state index contributed by atoms with van der Waals surface area (Å²) in [4.78, 5) is 29.2. The Morgan fingerprint density at radius 2 is 2.20 bits per heavy atom. The van der Waals surface area contributed by atoms with E-state index in [9.17, 15) is 14.0 Å². The number of carbonyl (C=O) groups is 2. The van der Waals surface area contributed by atoms with Crippen molar-refractivity contribution in [3.63, 3.8) is 0 Å². The van der Waals surface area contributed by atoms with Crippen LogP contribution in [0.15, 0.2) is 24.8 Å². The number of pyridine rings is 1. The number of aromatic amines is 1. The number of amides is 1. The van der Waals surface area contributed by atoms with E-state index in [1.165, 1.54) is 23.3 Å². The zero-order chi connectivity index (χ0) is 14.3. The van der Waals surface area contributed by atoms with Gasteiger partial charge in [-0.25, -0.2) is 14.1 Å². The quantitative estimate of drug-likeness (QED) is 0.512. The van der Waals surface area contributed by atoms with Crippen molar-refractivity contribution in [3.05, 3.63) is 36.2 Å². The van der Waals surface area contributed by atoms with Gasteiger partial charge in [0.2, 0.25) is 0 Å². The van der Waals surface area contributed by atoms with Gasteiger partial charge >= 0.3 is 0 Å². The van der Waals surface area contributed by atoms with E-state index in [-0.39, 0.29) is 22.3 Å². The summed E-state index contributed by atoms with van der Waals surface area (Å²) in [7, 11) is 0. The monoisotopic (exact) mass is 274 g/mol. The molecule has 0 spiro atoms. The van der Waals surface area contributed by atoms with Crippen molar-refractivity contribution >= 4 is 22.6 Å². The van der Waals surface area contributed by atoms with E-state index in [0.717, 1.165) is 6.20 Å². The number of ketones is 1. The van der Waals surface area contributed by atoms with Crippen LogP contribution in [0.25, 0.3) is 16.7 Å². The van der Waals surface area contributed by atoms with Crippen LogP contribution >= 0.6 is 0 Å². The Bertz CT molecular complexity index is 823. The summed E-state index contributed by atoms with van der Waals surface area (Å²) < 4.78 is 15.2. The molecule has 0 aliphatic rings. The van der Waals surface area contributed by atoms with Gasteiger partial charge in [-0.05, 0) is 0 Å². The Morgan fingerprint density at radius 1 is 1.40 bits per heavy atom. The number of Topliss-reactive ketones (excluding diaryl/α,β-unsaturated/α-hetero) is 1. The molecule has 0 atom stereocenters. The van der Waals surface area contributed by atoms with E-state index in [1.54, 1.807) is 0 Å². The fraction of sp³-hybridized carbons (Fsp3) is 0. The second kappa shape index (κ2) is 4.23. The first-order valence-electron chi connectivity index (χ1n) is 5.46. The molecule has 100 valence electrons. The van der Waals surface area contributed by atoms with E-state index < -0.39 is 17.5 Å². The first-order valence-corrected chi connectivity index (χ1v) is 5.46. The number of hydrogen-bond donors (Lipinski definition) is 2. The maximum Gasteiger partial charge on any atom is 0.289 e. The van der Waals surface area contributed by atoms with Gasteiger partial charge in [0.25, 0.3) is 11.7 Å². The van der Waals surface area contributed by atoms with E-state index in [1.807, 2.05) is 0 Å². The topological polar surface area (TPSA) is 120 Å². The van der Waals surface area contributed by atoms with Crippen molar-refractivity contribution in [2.45, 2.75) is 0 Å². The molecule has 8 nitrogen and oxygen atoms in total. The third-order valence-electron chi connectivity index (χ3n) is 2.75. The van der Waals surface area contributed by atoms with Crippen LogP contribution in [0.4, 0.5) is 4.39 Å². The Labute approximate surface area is 110 Å². The standard InChI is InChI=1S/C11H7FN6O2/c12-6-4-15-11(18-2-1-16-17-18)8-7(6)5(3-14-8)9(19)10(13)20/h1-4,14H,(H2,13,20). The molecule has 0 fully saturated rings. The average molecular weight is 274 g/mol. The van der Waals surface area contributed by atoms with Gasteiger partial charge in [-0.1, -0.05) is 5.21 Å². The summed E-state index contributed by atoms with van der Waals surface area (Å²) in [5.41, 5.74) is 5.01. The number of halogens is 1. The number of nitrogens with two attached hydrogens (primary N) is 1. The SMILES string of the molecule is NC(=O)C(=O)c1c[nH]c2c(-n3ccnn3)ncc(F)c12. The Balaban J connectivity index is 2.31. The molecule has 0 aliphatic carbocycles. The van der Waals surface area contributed by atoms with Crippen molar-refractivity contribution in [2.75, 3.05) is 0 Å². The number of nitrogens with one attached hydrogen (secondary N) is 1. The lowest BCUT2D eigenvalue weighted by Gasteiger charge is -2.02. The molecular formula is C11H7FN6O2.